The van der Waals surface area contributed by atoms with Crippen molar-refractivity contribution in [3.8, 4) is 0 Å². The molecule has 2 atom stereocenters. The molecule has 1 aliphatic carbocycles. The van der Waals surface area contributed by atoms with Crippen molar-refractivity contribution in [3.05, 3.63) is 57.4 Å². The molecule has 170 valence electrons. The van der Waals surface area contributed by atoms with Crippen molar-refractivity contribution in [1.82, 2.24) is 4.98 Å². The van der Waals surface area contributed by atoms with Gasteiger partial charge < -0.3 is 10.2 Å². The van der Waals surface area contributed by atoms with Crippen LogP contribution in [-0.2, 0) is 6.42 Å². The molecule has 2 N–H and O–H groups in total. The number of hydrogen-bond acceptors (Lipinski definition) is 3. The molecule has 1 aliphatic rings. The molecule has 1 aromatic heterocycles. The van der Waals surface area contributed by atoms with Crippen LogP contribution < -0.4 is 5.19 Å². The lowest BCUT2D eigenvalue weighted by molar-refractivity contribution is 0.0968. The summed E-state index contributed by atoms with van der Waals surface area (Å²) >= 11 is 0. The van der Waals surface area contributed by atoms with E-state index in [0.29, 0.717) is 17.7 Å². The Morgan fingerprint density at radius 1 is 1.13 bits per heavy atom. The third-order valence-electron chi connectivity index (χ3n) is 6.33. The number of aromatic nitrogens is 1. The second-order valence-electron chi connectivity index (χ2n) is 11.1. The van der Waals surface area contributed by atoms with Crippen molar-refractivity contribution in [2.24, 2.45) is 5.41 Å². The van der Waals surface area contributed by atoms with E-state index in [1.165, 1.54) is 12.1 Å². The van der Waals surface area contributed by atoms with Crippen molar-refractivity contribution in [2.45, 2.75) is 85.2 Å². The summed E-state index contributed by atoms with van der Waals surface area (Å²) in [5, 5.41) is 22.3. The Hall–Kier alpha value is -1.63. The number of fused-ring (bicyclic) bond motifs is 1. The first kappa shape index (κ1) is 24.0. The van der Waals surface area contributed by atoms with E-state index in [-0.39, 0.29) is 22.1 Å². The van der Waals surface area contributed by atoms with Gasteiger partial charge in [0.05, 0.1) is 14.2 Å². The highest BCUT2D eigenvalue weighted by molar-refractivity contribution is 6.88. The summed E-state index contributed by atoms with van der Waals surface area (Å²) in [4.78, 5) is 4.87. The average molecular weight is 448 g/mol. The molecule has 0 saturated heterocycles. The smallest absolute Gasteiger partial charge is 0.125 e. The molecular weight excluding hydrogens is 412 g/mol. The highest BCUT2D eigenvalue weighted by Crippen LogP contribution is 2.44. The highest BCUT2D eigenvalue weighted by Gasteiger charge is 2.36. The highest BCUT2D eigenvalue weighted by atomic mass is 28.3. The Morgan fingerprint density at radius 2 is 1.68 bits per heavy atom. The Bertz CT molecular complexity index is 989. The fourth-order valence-electron chi connectivity index (χ4n) is 4.97. The van der Waals surface area contributed by atoms with Crippen LogP contribution in [0, 0.1) is 24.0 Å². The largest absolute Gasteiger partial charge is 0.388 e. The molecule has 2 aromatic rings. The number of hydrogen-bond donors (Lipinski definition) is 2. The van der Waals surface area contributed by atoms with Gasteiger partial charge in [-0.15, -0.1) is 0 Å². The summed E-state index contributed by atoms with van der Waals surface area (Å²) in [6, 6.07) is 2.51. The van der Waals surface area contributed by atoms with E-state index in [0.717, 1.165) is 23.2 Å². The fourth-order valence-corrected chi connectivity index (χ4v) is 6.54. The third kappa shape index (κ3) is 4.48. The minimum atomic E-state index is -2.22. The third-order valence-corrected chi connectivity index (χ3v) is 8.30. The van der Waals surface area contributed by atoms with Crippen LogP contribution in [0.4, 0.5) is 8.78 Å². The van der Waals surface area contributed by atoms with Gasteiger partial charge in [0.1, 0.15) is 17.7 Å². The van der Waals surface area contributed by atoms with Crippen molar-refractivity contribution in [3.63, 3.8) is 0 Å². The van der Waals surface area contributed by atoms with Crippen molar-refractivity contribution in [1.29, 1.82) is 0 Å². The number of nitrogens with zero attached hydrogens (tertiary/aromatic N) is 1. The van der Waals surface area contributed by atoms with Gasteiger partial charge in [0, 0.05) is 27.7 Å². The summed E-state index contributed by atoms with van der Waals surface area (Å²) in [7, 11) is -2.22. The summed E-state index contributed by atoms with van der Waals surface area (Å²) in [6.45, 7) is 15.7. The molecule has 1 heterocycles. The fraction of sp³-hybridized carbons (Fsp3) is 0.560. The summed E-state index contributed by atoms with van der Waals surface area (Å²) < 4.78 is 29.8. The lowest BCUT2D eigenvalue weighted by Gasteiger charge is -2.36. The van der Waals surface area contributed by atoms with Gasteiger partial charge in [0.15, 0.2) is 0 Å². The van der Waals surface area contributed by atoms with Crippen LogP contribution in [0.5, 0.6) is 0 Å². The molecule has 3 nitrogen and oxygen atoms in total. The van der Waals surface area contributed by atoms with Gasteiger partial charge in [0.2, 0.25) is 0 Å². The van der Waals surface area contributed by atoms with E-state index in [1.54, 1.807) is 0 Å². The predicted octanol–water partition coefficient (Wildman–Crippen LogP) is 5.42. The molecule has 1 aromatic carbocycles. The molecule has 6 heteroatoms. The molecule has 31 heavy (non-hydrogen) atoms. The lowest BCUT2D eigenvalue weighted by Crippen LogP contribution is -2.42. The van der Waals surface area contributed by atoms with E-state index < -0.39 is 31.9 Å². The molecule has 0 bridgehead atoms. The molecule has 0 fully saturated rings. The average Bonchev–Trinajstić information content (AvgIpc) is 2.57. The maximum absolute atomic E-state index is 14.9. The number of benzene rings is 1. The number of aliphatic hydroxyl groups excluding tert-OH is 2. The molecule has 0 amide bonds. The Morgan fingerprint density at radius 3 is 2.16 bits per heavy atom. The lowest BCUT2D eigenvalue weighted by atomic mass is 9.72. The van der Waals surface area contributed by atoms with Crippen LogP contribution >= 0.6 is 0 Å². The first-order valence-corrected chi connectivity index (χ1v) is 14.5. The standard InChI is InChI=1S/C25H35F2NO2Si/c1-13(2)22-21(14(3)20-18(28-22)11-25(4,5)12-19(20)29)23(30)15-9-16(26)24(17(27)10-15)31(6,7)8/h9-10,13,19,23,29-30H,11-12H2,1-8H3/t19?,23-/m0/s1. The van der Waals surface area contributed by atoms with Gasteiger partial charge in [-0.3, -0.25) is 4.98 Å². The van der Waals surface area contributed by atoms with E-state index >= 15 is 0 Å². The van der Waals surface area contributed by atoms with Gasteiger partial charge in [-0.05, 0) is 54.4 Å². The van der Waals surface area contributed by atoms with Crippen LogP contribution in [0.15, 0.2) is 12.1 Å². The number of pyridine rings is 1. The van der Waals surface area contributed by atoms with Gasteiger partial charge in [-0.25, -0.2) is 8.78 Å². The van der Waals surface area contributed by atoms with E-state index in [4.69, 9.17) is 4.98 Å². The van der Waals surface area contributed by atoms with E-state index in [2.05, 4.69) is 13.8 Å². The first-order chi connectivity index (χ1) is 14.1. The minimum absolute atomic E-state index is 0.00628. The molecule has 3 rings (SSSR count). The molecule has 1 unspecified atom stereocenters. The van der Waals surface area contributed by atoms with Gasteiger partial charge >= 0.3 is 0 Å². The maximum atomic E-state index is 14.9. The van der Waals surface area contributed by atoms with Crippen LogP contribution in [0.1, 0.15) is 85.9 Å². The first-order valence-electron chi connectivity index (χ1n) is 11.0. The minimum Gasteiger partial charge on any atom is -0.388 e. The monoisotopic (exact) mass is 447 g/mol. The van der Waals surface area contributed by atoms with E-state index in [9.17, 15) is 19.0 Å². The second kappa shape index (κ2) is 8.05. The summed E-state index contributed by atoms with van der Waals surface area (Å²) in [5.74, 6) is -1.21. The zero-order chi connectivity index (χ0) is 23.5. The van der Waals surface area contributed by atoms with Crippen LogP contribution in [0.3, 0.4) is 0 Å². The molecular formula is C25H35F2NO2Si. The van der Waals surface area contributed by atoms with Crippen molar-refractivity contribution < 1.29 is 19.0 Å². The number of halogens is 2. The Balaban J connectivity index is 2.20. The van der Waals surface area contributed by atoms with Crippen LogP contribution in [0.25, 0.3) is 0 Å². The van der Waals surface area contributed by atoms with Gasteiger partial charge in [0.25, 0.3) is 0 Å². The SMILES string of the molecule is Cc1c2c(nc(C(C)C)c1[C@@H](O)c1cc(F)c([Si](C)(C)C)c(F)c1)CC(C)(C)CC2O. The molecule has 0 radical (unpaired) electrons. The van der Waals surface area contributed by atoms with Gasteiger partial charge in [-0.2, -0.15) is 0 Å². The maximum Gasteiger partial charge on any atom is 0.125 e. The van der Waals surface area contributed by atoms with Crippen molar-refractivity contribution >= 4 is 13.3 Å². The van der Waals surface area contributed by atoms with Crippen LogP contribution in [0.2, 0.25) is 19.6 Å². The zero-order valence-corrected chi connectivity index (χ0v) is 20.9. The summed E-state index contributed by atoms with van der Waals surface area (Å²) in [5.41, 5.74) is 3.73. The van der Waals surface area contributed by atoms with Crippen molar-refractivity contribution in [2.75, 3.05) is 0 Å². The summed E-state index contributed by atoms with van der Waals surface area (Å²) in [6.07, 6.45) is -0.559. The quantitative estimate of drug-likeness (QED) is 0.615. The zero-order valence-electron chi connectivity index (χ0n) is 19.9. The predicted molar refractivity (Wildman–Crippen MR) is 124 cm³/mol. The number of aliphatic hydroxyl groups is 2. The number of rotatable bonds is 4. The van der Waals surface area contributed by atoms with E-state index in [1.807, 2.05) is 40.4 Å². The van der Waals surface area contributed by atoms with Crippen LogP contribution in [-0.4, -0.2) is 23.3 Å². The Kier molecular flexibility index (Phi) is 6.24. The molecule has 0 saturated carbocycles. The topological polar surface area (TPSA) is 53.4 Å². The normalized spacial score (nSPS) is 19.5. The molecule has 0 spiro atoms. The second-order valence-corrected chi connectivity index (χ2v) is 16.1. The molecule has 0 aliphatic heterocycles. The van der Waals surface area contributed by atoms with Gasteiger partial charge in [-0.1, -0.05) is 47.3 Å². The Labute approximate surface area is 185 Å².